The van der Waals surface area contributed by atoms with Crippen molar-refractivity contribution >= 4 is 35.9 Å². The van der Waals surface area contributed by atoms with E-state index in [2.05, 4.69) is 48.4 Å². The monoisotopic (exact) mass is 929 g/mol. The van der Waals surface area contributed by atoms with Crippen molar-refractivity contribution in [3.63, 3.8) is 0 Å². The summed E-state index contributed by atoms with van der Waals surface area (Å²) in [6.45, 7) is 6.59. The van der Waals surface area contributed by atoms with Crippen LogP contribution in [0.4, 0.5) is 4.79 Å². The number of likely N-dealkylation sites (tertiary alicyclic amines) is 1. The Morgan fingerprint density at radius 1 is 0.545 bits per heavy atom. The third-order valence-electron chi connectivity index (χ3n) is 13.6. The molecule has 0 spiro atoms. The quantitative estimate of drug-likeness (QED) is 0.0276. The number of rotatable bonds is 35. The smallest absolute Gasteiger partial charge is 0.407 e. The Morgan fingerprint density at radius 2 is 0.970 bits per heavy atom. The van der Waals surface area contributed by atoms with Crippen molar-refractivity contribution in [1.82, 2.24) is 10.2 Å². The molecule has 0 radical (unpaired) electrons. The van der Waals surface area contributed by atoms with E-state index in [0.29, 0.717) is 76.2 Å². The fourth-order valence-corrected chi connectivity index (χ4v) is 10.4. The van der Waals surface area contributed by atoms with E-state index in [1.165, 1.54) is 19.3 Å². The summed E-state index contributed by atoms with van der Waals surface area (Å²) in [5.41, 5.74) is -1.48. The zero-order valence-electron chi connectivity index (χ0n) is 40.6. The summed E-state index contributed by atoms with van der Waals surface area (Å²) < 4.78 is 34.0. The standard InChI is InChI=1S/C52H84N2O12/c1-3-5-7-9-11-19-29-61-45(55)21-13-15-23-47(57)63-38-52(41-66-50(60)53-25-28-54-26-17-18-27-54,40-65-49(59)37-51-34-42-31-43(35-51)33-44(32-42)36-51)39-64-48(58)24-16-14-22-46(56)62-30-20-12-10-8-6-4-2/h5-8,42-44H,3-4,9-41H2,1-2H3,(H,53,60)/b7-5-,8-6-. The summed E-state index contributed by atoms with van der Waals surface area (Å²) >= 11 is 0. The number of alkyl carbamates (subject to hydrolysis) is 1. The van der Waals surface area contributed by atoms with E-state index >= 15 is 0 Å². The average molecular weight is 929 g/mol. The Labute approximate surface area is 395 Å². The predicted octanol–water partition coefficient (Wildman–Crippen LogP) is 9.51. The van der Waals surface area contributed by atoms with Gasteiger partial charge in [0.25, 0.3) is 0 Å². The Morgan fingerprint density at radius 3 is 1.42 bits per heavy atom. The highest BCUT2D eigenvalue weighted by Gasteiger charge is 2.52. The van der Waals surface area contributed by atoms with Gasteiger partial charge in [0.2, 0.25) is 0 Å². The number of nitrogens with one attached hydrogen (secondary N) is 1. The summed E-state index contributed by atoms with van der Waals surface area (Å²) in [6.07, 6.45) is 26.6. The molecule has 374 valence electrons. The Balaban J connectivity index is 1.32. The lowest BCUT2D eigenvalue weighted by Gasteiger charge is -2.56. The maximum atomic E-state index is 13.7. The number of unbranched alkanes of at least 4 members (excludes halogenated alkanes) is 6. The van der Waals surface area contributed by atoms with Crippen LogP contribution in [-0.4, -0.2) is 107 Å². The number of allylic oxidation sites excluding steroid dienone is 4. The Kier molecular flexibility index (Phi) is 25.8. The molecule has 5 fully saturated rings. The molecule has 4 bridgehead atoms. The minimum Gasteiger partial charge on any atom is -0.466 e. The van der Waals surface area contributed by atoms with Gasteiger partial charge in [0.1, 0.15) is 31.8 Å². The molecule has 0 aromatic rings. The molecular weight excluding hydrogens is 845 g/mol. The molecule has 0 aromatic carbocycles. The number of hydrogen-bond acceptors (Lipinski definition) is 13. The molecule has 1 N–H and O–H groups in total. The zero-order valence-corrected chi connectivity index (χ0v) is 40.6. The molecule has 0 atom stereocenters. The molecule has 0 unspecified atom stereocenters. The first-order valence-electron chi connectivity index (χ1n) is 25.7. The highest BCUT2D eigenvalue weighted by atomic mass is 16.6. The number of carbonyl (C=O) groups is 6. The maximum Gasteiger partial charge on any atom is 0.407 e. The molecule has 0 aromatic heterocycles. The largest absolute Gasteiger partial charge is 0.466 e. The second-order valence-electron chi connectivity index (χ2n) is 19.7. The van der Waals surface area contributed by atoms with E-state index in [-0.39, 0.29) is 75.4 Å². The van der Waals surface area contributed by atoms with E-state index < -0.39 is 23.4 Å². The highest BCUT2D eigenvalue weighted by Crippen LogP contribution is 2.61. The summed E-state index contributed by atoms with van der Waals surface area (Å²) in [5, 5.41) is 2.79. The first-order chi connectivity index (χ1) is 32.0. The number of nitrogens with zero attached hydrogens (tertiary/aromatic N) is 1. The molecule has 66 heavy (non-hydrogen) atoms. The lowest BCUT2D eigenvalue weighted by Crippen LogP contribution is -2.48. The number of ether oxygens (including phenoxy) is 6. The Bertz CT molecular complexity index is 1440. The van der Waals surface area contributed by atoms with Crippen LogP contribution >= 0.6 is 0 Å². The van der Waals surface area contributed by atoms with Gasteiger partial charge in [0.05, 0.1) is 19.6 Å². The number of esters is 5. The van der Waals surface area contributed by atoms with E-state index in [0.717, 1.165) is 96.6 Å². The van der Waals surface area contributed by atoms with Gasteiger partial charge >= 0.3 is 35.9 Å². The van der Waals surface area contributed by atoms with Crippen molar-refractivity contribution in [3.05, 3.63) is 24.3 Å². The summed E-state index contributed by atoms with van der Waals surface area (Å²) in [5.74, 6) is -0.107. The van der Waals surface area contributed by atoms with Gasteiger partial charge in [-0.15, -0.1) is 0 Å². The summed E-state index contributed by atoms with van der Waals surface area (Å²) in [6, 6.07) is 0. The summed E-state index contributed by atoms with van der Waals surface area (Å²) in [4.78, 5) is 80.0. The SMILES string of the molecule is CC/C=C\CCCCOC(=O)CCCCC(=O)OCC(COC(=O)CCCCC(=O)OCCCC/C=C\CC)(COC(=O)CC12CC3CC(CC(C3)C1)C2)COC(=O)NCCN1CCCC1. The maximum absolute atomic E-state index is 13.7. The highest BCUT2D eigenvalue weighted by molar-refractivity contribution is 5.72. The zero-order chi connectivity index (χ0) is 47.3. The third kappa shape index (κ3) is 22.2. The molecule has 14 nitrogen and oxygen atoms in total. The van der Waals surface area contributed by atoms with Crippen LogP contribution in [0.25, 0.3) is 0 Å². The van der Waals surface area contributed by atoms with E-state index in [4.69, 9.17) is 28.4 Å². The third-order valence-corrected chi connectivity index (χ3v) is 13.6. The van der Waals surface area contributed by atoms with Crippen LogP contribution in [0.1, 0.15) is 174 Å². The molecule has 5 rings (SSSR count). The first-order valence-corrected chi connectivity index (χ1v) is 25.7. The van der Waals surface area contributed by atoms with Gasteiger partial charge in [-0.3, -0.25) is 24.0 Å². The Hall–Kier alpha value is -3.94. The van der Waals surface area contributed by atoms with Crippen LogP contribution < -0.4 is 5.32 Å². The number of carbonyl (C=O) groups excluding carboxylic acids is 6. The van der Waals surface area contributed by atoms with Crippen molar-refractivity contribution < 1.29 is 57.2 Å². The van der Waals surface area contributed by atoms with Crippen LogP contribution in [0, 0.1) is 28.6 Å². The second kappa shape index (κ2) is 31.2. The molecule has 1 aliphatic heterocycles. The molecule has 5 aliphatic rings. The lowest BCUT2D eigenvalue weighted by molar-refractivity contribution is -0.168. The van der Waals surface area contributed by atoms with Crippen LogP contribution in [0.2, 0.25) is 0 Å². The second-order valence-corrected chi connectivity index (χ2v) is 19.7. The van der Waals surface area contributed by atoms with Gasteiger partial charge in [0, 0.05) is 38.8 Å². The fourth-order valence-electron chi connectivity index (χ4n) is 10.4. The van der Waals surface area contributed by atoms with Crippen molar-refractivity contribution in [2.45, 2.75) is 174 Å². The molecule has 1 saturated heterocycles. The average Bonchev–Trinajstić information content (AvgIpc) is 3.81. The van der Waals surface area contributed by atoms with Crippen molar-refractivity contribution in [3.8, 4) is 0 Å². The molecule has 4 saturated carbocycles. The van der Waals surface area contributed by atoms with Crippen LogP contribution in [0.3, 0.4) is 0 Å². The van der Waals surface area contributed by atoms with Crippen LogP contribution in [0.15, 0.2) is 24.3 Å². The van der Waals surface area contributed by atoms with E-state index in [1.54, 1.807) is 0 Å². The fraction of sp³-hybridized carbons (Fsp3) is 0.808. The van der Waals surface area contributed by atoms with E-state index in [1.807, 2.05) is 0 Å². The van der Waals surface area contributed by atoms with E-state index in [9.17, 15) is 28.8 Å². The first kappa shape index (κ1) is 54.7. The van der Waals surface area contributed by atoms with Crippen LogP contribution in [0.5, 0.6) is 0 Å². The molecule has 1 heterocycles. The molecule has 1 amide bonds. The van der Waals surface area contributed by atoms with Crippen molar-refractivity contribution in [2.24, 2.45) is 28.6 Å². The van der Waals surface area contributed by atoms with Gasteiger partial charge in [-0.05, 0) is 165 Å². The van der Waals surface area contributed by atoms with Gasteiger partial charge < -0.3 is 38.6 Å². The molecule has 4 aliphatic carbocycles. The van der Waals surface area contributed by atoms with Gasteiger partial charge in [-0.1, -0.05) is 38.2 Å². The lowest BCUT2D eigenvalue weighted by atomic mass is 9.49. The van der Waals surface area contributed by atoms with Gasteiger partial charge in [-0.2, -0.15) is 0 Å². The minimum absolute atomic E-state index is 0.0231. The number of hydrogen-bond donors (Lipinski definition) is 1. The minimum atomic E-state index is -1.40. The van der Waals surface area contributed by atoms with Gasteiger partial charge in [0.15, 0.2) is 0 Å². The predicted molar refractivity (Wildman–Crippen MR) is 251 cm³/mol. The van der Waals surface area contributed by atoms with Crippen molar-refractivity contribution in [1.29, 1.82) is 0 Å². The summed E-state index contributed by atoms with van der Waals surface area (Å²) in [7, 11) is 0. The molecule has 14 heteroatoms. The van der Waals surface area contributed by atoms with Crippen LogP contribution in [-0.2, 0) is 52.4 Å². The normalized spacial score (nSPS) is 21.3. The molecular formula is C52H84N2O12. The van der Waals surface area contributed by atoms with Crippen molar-refractivity contribution in [2.75, 3.05) is 65.8 Å². The van der Waals surface area contributed by atoms with Gasteiger partial charge in [-0.25, -0.2) is 4.79 Å². The topological polar surface area (TPSA) is 173 Å². The number of amides is 1.